The first-order valence-electron chi connectivity index (χ1n) is 12.8. The minimum Gasteiger partial charge on any atom is -0.327 e. The molecule has 7 rings (SSSR count). The molecule has 0 radical (unpaired) electrons. The van der Waals surface area contributed by atoms with Crippen LogP contribution in [0.25, 0.3) is 28.3 Å². The lowest BCUT2D eigenvalue weighted by Crippen LogP contribution is -2.40. The molecule has 0 saturated heterocycles. The van der Waals surface area contributed by atoms with Crippen LogP contribution in [0.2, 0.25) is 0 Å². The first kappa shape index (κ1) is 24.1. The molecule has 194 valence electrons. The highest BCUT2D eigenvalue weighted by molar-refractivity contribution is 7.99. The van der Waals surface area contributed by atoms with E-state index in [-0.39, 0.29) is 5.91 Å². The van der Waals surface area contributed by atoms with Gasteiger partial charge in [0.1, 0.15) is 6.04 Å². The van der Waals surface area contributed by atoms with Gasteiger partial charge in [-0.1, -0.05) is 48.2 Å². The maximum absolute atomic E-state index is 13.5. The zero-order valence-electron chi connectivity index (χ0n) is 21.5. The molecular formula is C31H23N7OS. The summed E-state index contributed by atoms with van der Waals surface area (Å²) in [5.74, 6) is 0.538. The fourth-order valence-corrected chi connectivity index (χ4v) is 5.93. The third kappa shape index (κ3) is 4.26. The van der Waals surface area contributed by atoms with Crippen LogP contribution in [0, 0.1) is 0 Å². The zero-order valence-corrected chi connectivity index (χ0v) is 22.3. The molecule has 1 amide bonds. The average Bonchev–Trinajstić information content (AvgIpc) is 3.44. The molecule has 40 heavy (non-hydrogen) atoms. The summed E-state index contributed by atoms with van der Waals surface area (Å²) in [4.78, 5) is 22.0. The Balaban J connectivity index is 1.13. The van der Waals surface area contributed by atoms with Crippen LogP contribution in [0.4, 0.5) is 17.1 Å². The molecule has 3 aromatic heterocycles. The molecule has 9 heteroatoms. The van der Waals surface area contributed by atoms with Gasteiger partial charge in [0.05, 0.1) is 17.1 Å². The molecular weight excluding hydrogens is 518 g/mol. The molecule has 0 spiro atoms. The van der Waals surface area contributed by atoms with Gasteiger partial charge in [0.25, 0.3) is 0 Å². The number of rotatable bonds is 5. The van der Waals surface area contributed by atoms with Gasteiger partial charge in [-0.25, -0.2) is 0 Å². The molecule has 6 aromatic rings. The summed E-state index contributed by atoms with van der Waals surface area (Å²) in [5.41, 5.74) is 5.95. The molecule has 8 nitrogen and oxygen atoms in total. The second-order valence-corrected chi connectivity index (χ2v) is 10.5. The molecule has 0 aliphatic carbocycles. The Morgan fingerprint density at radius 3 is 2.23 bits per heavy atom. The number of carbonyl (C=O) groups is 1. The molecule has 0 fully saturated rings. The molecule has 1 aliphatic heterocycles. The van der Waals surface area contributed by atoms with Crippen molar-refractivity contribution in [1.29, 1.82) is 0 Å². The Morgan fingerprint density at radius 1 is 0.800 bits per heavy atom. The highest BCUT2D eigenvalue weighted by Crippen LogP contribution is 2.48. The van der Waals surface area contributed by atoms with Gasteiger partial charge in [-0.05, 0) is 67.6 Å². The Bertz CT molecular complexity index is 1810. The van der Waals surface area contributed by atoms with Crippen LogP contribution in [0.5, 0.6) is 0 Å². The van der Waals surface area contributed by atoms with Crippen molar-refractivity contribution in [2.75, 3.05) is 10.2 Å². The molecule has 1 aliphatic rings. The molecule has 3 aromatic carbocycles. The number of amides is 1. The van der Waals surface area contributed by atoms with Crippen LogP contribution in [-0.4, -0.2) is 36.7 Å². The highest BCUT2D eigenvalue weighted by atomic mass is 32.2. The van der Waals surface area contributed by atoms with Crippen molar-refractivity contribution in [2.24, 2.45) is 0 Å². The van der Waals surface area contributed by atoms with Crippen molar-refractivity contribution < 1.29 is 4.79 Å². The summed E-state index contributed by atoms with van der Waals surface area (Å²) in [5, 5.41) is 16.4. The van der Waals surface area contributed by atoms with E-state index in [9.17, 15) is 4.79 Å². The normalized spacial score (nSPS) is 13.0. The maximum atomic E-state index is 13.5. The minimum atomic E-state index is -0.424. The SMILES string of the molecule is CC(C(=O)Nc1ccc(-c2ccc3nnc(-c4cccnc4)n3n2)cc1)N1c2ccccc2Sc2ccccc21. The zero-order chi connectivity index (χ0) is 27.1. The number of nitrogens with one attached hydrogen (secondary N) is 1. The van der Waals surface area contributed by atoms with Gasteiger partial charge in [-0.2, -0.15) is 9.61 Å². The average molecular weight is 542 g/mol. The van der Waals surface area contributed by atoms with Crippen molar-refractivity contribution in [3.8, 4) is 22.6 Å². The van der Waals surface area contributed by atoms with Crippen LogP contribution >= 0.6 is 11.8 Å². The number of nitrogens with zero attached hydrogens (tertiary/aromatic N) is 6. The standard InChI is InChI=1S/C31H23N7OS/c1-20(37-25-8-2-4-10-27(25)40-28-11-5-3-9-26(28)37)31(39)33-23-14-12-21(13-15-23)24-16-17-29-34-35-30(38(29)36-24)22-7-6-18-32-19-22/h2-20H,1H3,(H,33,39). The number of pyridine rings is 1. The number of anilines is 3. The van der Waals surface area contributed by atoms with Crippen LogP contribution in [-0.2, 0) is 4.79 Å². The Morgan fingerprint density at radius 2 is 1.52 bits per heavy atom. The van der Waals surface area contributed by atoms with Crippen molar-refractivity contribution in [3.63, 3.8) is 0 Å². The molecule has 1 atom stereocenters. The summed E-state index contributed by atoms with van der Waals surface area (Å²) in [6.07, 6.45) is 3.46. The second kappa shape index (κ2) is 9.94. The van der Waals surface area contributed by atoms with E-state index in [1.165, 1.54) is 0 Å². The van der Waals surface area contributed by atoms with Crippen LogP contribution in [0.1, 0.15) is 6.92 Å². The fourth-order valence-electron chi connectivity index (χ4n) is 4.86. The van der Waals surface area contributed by atoms with Crippen molar-refractivity contribution in [3.05, 3.63) is 109 Å². The number of carbonyl (C=O) groups excluding carboxylic acids is 1. The number of hydrogen-bond acceptors (Lipinski definition) is 7. The topological polar surface area (TPSA) is 88.3 Å². The van der Waals surface area contributed by atoms with Gasteiger partial charge in [0, 0.05) is 39.0 Å². The number of hydrogen-bond donors (Lipinski definition) is 1. The Labute approximate surface area is 234 Å². The molecule has 0 bridgehead atoms. The summed E-state index contributed by atoms with van der Waals surface area (Å²) in [6, 6.07) is 31.2. The number of para-hydroxylation sites is 2. The lowest BCUT2D eigenvalue weighted by Gasteiger charge is -2.36. The van der Waals surface area contributed by atoms with E-state index < -0.39 is 6.04 Å². The van der Waals surface area contributed by atoms with E-state index >= 15 is 0 Å². The van der Waals surface area contributed by atoms with Gasteiger partial charge >= 0.3 is 0 Å². The van der Waals surface area contributed by atoms with Gasteiger partial charge in [-0.3, -0.25) is 9.78 Å². The van der Waals surface area contributed by atoms with Gasteiger partial charge in [0.2, 0.25) is 5.91 Å². The maximum Gasteiger partial charge on any atom is 0.247 e. The first-order valence-corrected chi connectivity index (χ1v) is 13.7. The number of aromatic nitrogens is 5. The predicted octanol–water partition coefficient (Wildman–Crippen LogP) is 6.48. The van der Waals surface area contributed by atoms with Crippen LogP contribution < -0.4 is 10.2 Å². The van der Waals surface area contributed by atoms with E-state index in [1.807, 2.05) is 79.7 Å². The second-order valence-electron chi connectivity index (χ2n) is 9.40. The third-order valence-corrected chi connectivity index (χ3v) is 8.00. The lowest BCUT2D eigenvalue weighted by atomic mass is 10.1. The van der Waals surface area contributed by atoms with E-state index in [0.29, 0.717) is 11.5 Å². The van der Waals surface area contributed by atoms with Crippen molar-refractivity contribution in [2.45, 2.75) is 22.8 Å². The smallest absolute Gasteiger partial charge is 0.247 e. The number of benzene rings is 3. The largest absolute Gasteiger partial charge is 0.327 e. The van der Waals surface area contributed by atoms with E-state index in [2.05, 4.69) is 49.7 Å². The molecule has 4 heterocycles. The summed E-state index contributed by atoms with van der Waals surface area (Å²) >= 11 is 1.73. The first-order chi connectivity index (χ1) is 19.7. The van der Waals surface area contributed by atoms with Gasteiger partial charge in [-0.15, -0.1) is 10.2 Å². The fraction of sp³-hybridized carbons (Fsp3) is 0.0645. The lowest BCUT2D eigenvalue weighted by molar-refractivity contribution is -0.117. The number of fused-ring (bicyclic) bond motifs is 3. The van der Waals surface area contributed by atoms with Crippen molar-refractivity contribution in [1.82, 2.24) is 24.8 Å². The Hall–Kier alpha value is -5.02. The van der Waals surface area contributed by atoms with Crippen LogP contribution in [0.15, 0.2) is 119 Å². The van der Waals surface area contributed by atoms with Gasteiger partial charge < -0.3 is 10.2 Å². The van der Waals surface area contributed by atoms with E-state index in [4.69, 9.17) is 5.10 Å². The van der Waals surface area contributed by atoms with Crippen molar-refractivity contribution >= 4 is 40.4 Å². The Kier molecular flexibility index (Phi) is 5.98. The highest BCUT2D eigenvalue weighted by Gasteiger charge is 2.30. The summed E-state index contributed by atoms with van der Waals surface area (Å²) < 4.78 is 1.72. The molecule has 1 N–H and O–H groups in total. The molecule has 1 unspecified atom stereocenters. The monoisotopic (exact) mass is 541 g/mol. The minimum absolute atomic E-state index is 0.0885. The predicted molar refractivity (Wildman–Crippen MR) is 157 cm³/mol. The summed E-state index contributed by atoms with van der Waals surface area (Å²) in [7, 11) is 0. The van der Waals surface area contributed by atoms with Gasteiger partial charge in [0.15, 0.2) is 11.5 Å². The van der Waals surface area contributed by atoms with Crippen LogP contribution in [0.3, 0.4) is 0 Å². The van der Waals surface area contributed by atoms with E-state index in [0.717, 1.165) is 43.7 Å². The van der Waals surface area contributed by atoms with E-state index in [1.54, 1.807) is 28.7 Å². The molecule has 0 saturated carbocycles. The quantitative estimate of drug-likeness (QED) is 0.267. The summed E-state index contributed by atoms with van der Waals surface area (Å²) in [6.45, 7) is 1.94. The third-order valence-electron chi connectivity index (χ3n) is 6.87.